The Kier molecular flexibility index (Phi) is 6.38. The molecule has 1 saturated carbocycles. The van der Waals surface area contributed by atoms with E-state index < -0.39 is 0 Å². The third kappa shape index (κ3) is 4.36. The summed E-state index contributed by atoms with van der Waals surface area (Å²) in [6.07, 6.45) is 10.1. The van der Waals surface area contributed by atoms with Crippen LogP contribution >= 0.6 is 0 Å². The minimum absolute atomic E-state index is 0.104. The maximum atomic E-state index is 13.2. The van der Waals surface area contributed by atoms with Crippen molar-refractivity contribution in [2.24, 2.45) is 5.10 Å². The number of carbonyl (C=O) groups is 1. The lowest BCUT2D eigenvalue weighted by Crippen LogP contribution is -2.44. The smallest absolute Gasteiger partial charge is 0.254 e. The van der Waals surface area contributed by atoms with E-state index in [0.29, 0.717) is 18.2 Å². The number of hydrogen-bond acceptors (Lipinski definition) is 3. The molecule has 1 unspecified atom stereocenters. The topological polar surface area (TPSA) is 49.6 Å². The molecule has 0 bridgehead atoms. The van der Waals surface area contributed by atoms with E-state index in [1.165, 1.54) is 72.0 Å². The maximum absolute atomic E-state index is 13.2. The molecule has 0 spiro atoms. The number of amides is 1. The molecule has 3 aromatic rings. The zero-order valence-corrected chi connectivity index (χ0v) is 21.1. The minimum atomic E-state index is -0.282. The van der Waals surface area contributed by atoms with Crippen molar-refractivity contribution >= 4 is 22.5 Å². The summed E-state index contributed by atoms with van der Waals surface area (Å²) in [5.41, 5.74) is 10.0. The highest BCUT2D eigenvalue weighted by atomic mass is 19.1. The van der Waals surface area contributed by atoms with Crippen LogP contribution in [-0.2, 0) is 17.8 Å². The number of carbonyl (C=O) groups excluding carboxylic acids is 1. The summed E-state index contributed by atoms with van der Waals surface area (Å²) < 4.78 is 15.7. The molecular weight excluding hydrogens is 451 g/mol. The predicted molar refractivity (Wildman–Crippen MR) is 142 cm³/mol. The van der Waals surface area contributed by atoms with Crippen molar-refractivity contribution in [2.75, 3.05) is 13.1 Å². The van der Waals surface area contributed by atoms with Crippen LogP contribution in [0.1, 0.15) is 86.2 Å². The van der Waals surface area contributed by atoms with Gasteiger partial charge in [0.25, 0.3) is 5.91 Å². The van der Waals surface area contributed by atoms with E-state index in [1.807, 2.05) is 6.92 Å². The number of fused-ring (bicyclic) bond motifs is 3. The Morgan fingerprint density at radius 3 is 2.64 bits per heavy atom. The molecule has 1 atom stereocenters. The summed E-state index contributed by atoms with van der Waals surface area (Å²) in [5, 5.41) is 5.72. The van der Waals surface area contributed by atoms with Gasteiger partial charge in [0.2, 0.25) is 0 Å². The van der Waals surface area contributed by atoms with E-state index in [2.05, 4.69) is 38.2 Å². The molecule has 0 radical (unpaired) electrons. The van der Waals surface area contributed by atoms with Gasteiger partial charge in [-0.1, -0.05) is 37.5 Å². The minimum Gasteiger partial charge on any atom is -0.342 e. The van der Waals surface area contributed by atoms with Crippen LogP contribution < -0.4 is 5.43 Å². The molecule has 1 N–H and O–H groups in total. The van der Waals surface area contributed by atoms with Crippen molar-refractivity contribution in [1.29, 1.82) is 0 Å². The molecule has 188 valence electrons. The predicted octanol–water partition coefficient (Wildman–Crippen LogP) is 6.06. The number of nitrogens with one attached hydrogen (secondary N) is 1. The number of hydrazone groups is 1. The molecule has 1 aromatic heterocycles. The highest BCUT2D eigenvalue weighted by Gasteiger charge is 2.35. The first kappa shape index (κ1) is 23.4. The Hall–Kier alpha value is -2.99. The molecule has 0 saturated heterocycles. The third-order valence-electron chi connectivity index (χ3n) is 8.54. The van der Waals surface area contributed by atoms with Crippen LogP contribution in [0.5, 0.6) is 0 Å². The average molecular weight is 487 g/mol. The van der Waals surface area contributed by atoms with Crippen molar-refractivity contribution in [1.82, 2.24) is 14.9 Å². The van der Waals surface area contributed by atoms with Crippen LogP contribution in [0.15, 0.2) is 47.6 Å². The zero-order valence-electron chi connectivity index (χ0n) is 21.1. The molecule has 6 heteroatoms. The number of aryl methyl sites for hydroxylation is 1. The summed E-state index contributed by atoms with van der Waals surface area (Å²) in [6, 6.07) is 13.7. The Balaban J connectivity index is 1.21. The monoisotopic (exact) mass is 486 g/mol. The molecule has 2 heterocycles. The van der Waals surface area contributed by atoms with Crippen LogP contribution in [0.4, 0.5) is 4.39 Å². The van der Waals surface area contributed by atoms with E-state index in [0.717, 1.165) is 37.9 Å². The van der Waals surface area contributed by atoms with Crippen LogP contribution in [0.3, 0.4) is 0 Å². The van der Waals surface area contributed by atoms with Gasteiger partial charge in [-0.2, -0.15) is 5.10 Å². The first-order valence-corrected chi connectivity index (χ1v) is 13.6. The molecule has 6 rings (SSSR count). The van der Waals surface area contributed by atoms with Crippen LogP contribution in [0.2, 0.25) is 0 Å². The fourth-order valence-electron chi connectivity index (χ4n) is 6.70. The van der Waals surface area contributed by atoms with Gasteiger partial charge in [0.1, 0.15) is 5.82 Å². The Bertz CT molecular complexity index is 1300. The van der Waals surface area contributed by atoms with Gasteiger partial charge in [0.15, 0.2) is 0 Å². The first-order chi connectivity index (χ1) is 17.6. The van der Waals surface area contributed by atoms with Gasteiger partial charge in [0.05, 0.1) is 18.3 Å². The number of rotatable bonds is 5. The molecule has 36 heavy (non-hydrogen) atoms. The number of hydrogen-bond donors (Lipinski definition) is 1. The van der Waals surface area contributed by atoms with Crippen molar-refractivity contribution < 1.29 is 9.18 Å². The lowest BCUT2D eigenvalue weighted by Gasteiger charge is -2.39. The standard InChI is InChI=1S/C30H35FN4O/c1-20(21-10-13-24(31)14-11-21)32-33-29(36)19-34-16-17-35-27-15-12-23(22-6-3-2-4-7-22)18-26(27)25-8-5-9-28(34)30(25)35/h10-15,18,22,28H,2-9,16-17,19H2,1H3,(H,33,36). The van der Waals surface area contributed by atoms with Crippen molar-refractivity contribution in [3.63, 3.8) is 0 Å². The Labute approximate surface area is 212 Å². The third-order valence-corrected chi connectivity index (χ3v) is 8.54. The molecule has 2 aromatic carbocycles. The second-order valence-corrected chi connectivity index (χ2v) is 10.7. The Morgan fingerprint density at radius 2 is 1.83 bits per heavy atom. The molecule has 1 fully saturated rings. The number of nitrogens with zero attached hydrogens (tertiary/aromatic N) is 3. The SMILES string of the molecule is CC(=NNC(=O)CN1CCn2c3c(c4cc(C5CCCCC5)ccc42)CCCC31)c1ccc(F)cc1. The lowest BCUT2D eigenvalue weighted by atomic mass is 9.83. The van der Waals surface area contributed by atoms with Gasteiger partial charge in [-0.25, -0.2) is 9.82 Å². The van der Waals surface area contributed by atoms with Gasteiger partial charge in [-0.15, -0.1) is 0 Å². The summed E-state index contributed by atoms with van der Waals surface area (Å²) in [7, 11) is 0. The molecule has 1 amide bonds. The normalized spacial score (nSPS) is 20.9. The lowest BCUT2D eigenvalue weighted by molar-refractivity contribution is -0.123. The van der Waals surface area contributed by atoms with Gasteiger partial charge in [-0.3, -0.25) is 9.69 Å². The quantitative estimate of drug-likeness (QED) is 0.352. The van der Waals surface area contributed by atoms with Gasteiger partial charge >= 0.3 is 0 Å². The molecule has 1 aliphatic heterocycles. The number of aromatic nitrogens is 1. The van der Waals surface area contributed by atoms with E-state index in [4.69, 9.17) is 0 Å². The van der Waals surface area contributed by atoms with Crippen molar-refractivity contribution in [2.45, 2.75) is 76.8 Å². The Morgan fingerprint density at radius 1 is 1.03 bits per heavy atom. The van der Waals surface area contributed by atoms with Crippen LogP contribution in [0.25, 0.3) is 10.9 Å². The fourth-order valence-corrected chi connectivity index (χ4v) is 6.70. The van der Waals surface area contributed by atoms with E-state index in [1.54, 1.807) is 12.1 Å². The summed E-state index contributed by atoms with van der Waals surface area (Å²) in [4.78, 5) is 15.2. The van der Waals surface area contributed by atoms with Crippen LogP contribution in [-0.4, -0.2) is 34.2 Å². The van der Waals surface area contributed by atoms with Crippen molar-refractivity contribution in [3.05, 3.63) is 70.7 Å². The summed E-state index contributed by atoms with van der Waals surface area (Å²) in [6.45, 7) is 3.93. The number of halogens is 1. The van der Waals surface area contributed by atoms with E-state index >= 15 is 0 Å². The second kappa shape index (κ2) is 9.81. The molecule has 2 aliphatic carbocycles. The largest absolute Gasteiger partial charge is 0.342 e. The zero-order chi connectivity index (χ0) is 24.6. The molecular formula is C30H35FN4O. The number of benzene rings is 2. The van der Waals surface area contributed by atoms with Gasteiger partial charge in [-0.05, 0) is 85.9 Å². The van der Waals surface area contributed by atoms with E-state index in [9.17, 15) is 9.18 Å². The summed E-state index contributed by atoms with van der Waals surface area (Å²) >= 11 is 0. The second-order valence-electron chi connectivity index (χ2n) is 10.7. The first-order valence-electron chi connectivity index (χ1n) is 13.6. The molecule has 3 aliphatic rings. The van der Waals surface area contributed by atoms with Gasteiger partial charge in [0, 0.05) is 29.7 Å². The van der Waals surface area contributed by atoms with Crippen molar-refractivity contribution in [3.8, 4) is 0 Å². The molecule has 5 nitrogen and oxygen atoms in total. The van der Waals surface area contributed by atoms with E-state index in [-0.39, 0.29) is 17.8 Å². The fraction of sp³-hybridized carbons (Fsp3) is 0.467. The highest BCUT2D eigenvalue weighted by Crippen LogP contribution is 2.44. The van der Waals surface area contributed by atoms with Crippen LogP contribution in [0, 0.1) is 5.82 Å². The van der Waals surface area contributed by atoms with Gasteiger partial charge < -0.3 is 4.57 Å². The average Bonchev–Trinajstić information content (AvgIpc) is 3.24. The highest BCUT2D eigenvalue weighted by molar-refractivity contribution is 5.99. The maximum Gasteiger partial charge on any atom is 0.254 e. The summed E-state index contributed by atoms with van der Waals surface area (Å²) in [5.74, 6) is 0.327.